The minimum Gasteiger partial charge on any atom is -0.367 e. The highest BCUT2D eigenvalue weighted by Gasteiger charge is 2.14. The van der Waals surface area contributed by atoms with Crippen LogP contribution in [-0.4, -0.2) is 15.4 Å². The van der Waals surface area contributed by atoms with Crippen molar-refractivity contribution >= 4 is 5.88 Å². The summed E-state index contributed by atoms with van der Waals surface area (Å²) in [5.74, 6) is 0.351. The lowest BCUT2D eigenvalue weighted by Crippen LogP contribution is -1.86. The van der Waals surface area contributed by atoms with Gasteiger partial charge in [-0.15, -0.1) is 0 Å². The van der Waals surface area contributed by atoms with E-state index in [1.165, 1.54) is 0 Å². The van der Waals surface area contributed by atoms with Crippen molar-refractivity contribution in [1.82, 2.24) is 15.4 Å². The standard InChI is InChI=1S/C8H10N4O/c1-4-3-10-11-6(4)7-5(2)8(9)13-12-7/h3H,9H2,1-2H3,(H,10,11). The molecule has 0 aliphatic heterocycles. The van der Waals surface area contributed by atoms with Crippen LogP contribution >= 0.6 is 0 Å². The van der Waals surface area contributed by atoms with Gasteiger partial charge in [0.2, 0.25) is 5.88 Å². The third-order valence-electron chi connectivity index (χ3n) is 2.03. The Hall–Kier alpha value is -1.78. The van der Waals surface area contributed by atoms with E-state index < -0.39 is 0 Å². The van der Waals surface area contributed by atoms with Crippen molar-refractivity contribution in [3.05, 3.63) is 17.3 Å². The Kier molecular flexibility index (Phi) is 1.58. The van der Waals surface area contributed by atoms with E-state index in [1.54, 1.807) is 6.20 Å². The monoisotopic (exact) mass is 178 g/mol. The fourth-order valence-corrected chi connectivity index (χ4v) is 1.17. The SMILES string of the molecule is Cc1cn[nH]c1-c1noc(N)c1C. The molecule has 0 fully saturated rings. The molecule has 0 saturated heterocycles. The highest BCUT2D eigenvalue weighted by molar-refractivity contribution is 5.65. The van der Waals surface area contributed by atoms with Crippen molar-refractivity contribution in [3.63, 3.8) is 0 Å². The first-order valence-corrected chi connectivity index (χ1v) is 3.92. The topological polar surface area (TPSA) is 80.7 Å². The summed E-state index contributed by atoms with van der Waals surface area (Å²) in [5.41, 5.74) is 8.99. The number of nitrogens with one attached hydrogen (secondary N) is 1. The van der Waals surface area contributed by atoms with Gasteiger partial charge in [-0.3, -0.25) is 5.10 Å². The van der Waals surface area contributed by atoms with Crippen molar-refractivity contribution in [2.24, 2.45) is 0 Å². The summed E-state index contributed by atoms with van der Waals surface area (Å²) < 4.78 is 4.85. The zero-order chi connectivity index (χ0) is 9.42. The highest BCUT2D eigenvalue weighted by Crippen LogP contribution is 2.26. The fourth-order valence-electron chi connectivity index (χ4n) is 1.17. The van der Waals surface area contributed by atoms with Gasteiger partial charge in [0.15, 0.2) is 0 Å². The molecule has 68 valence electrons. The molecule has 0 bridgehead atoms. The molecule has 5 nitrogen and oxygen atoms in total. The Morgan fingerprint density at radius 2 is 2.23 bits per heavy atom. The predicted molar refractivity (Wildman–Crippen MR) is 48.0 cm³/mol. The van der Waals surface area contributed by atoms with E-state index >= 15 is 0 Å². The number of H-pyrrole nitrogens is 1. The Morgan fingerprint density at radius 3 is 2.69 bits per heavy atom. The average molecular weight is 178 g/mol. The van der Waals surface area contributed by atoms with Crippen LogP contribution in [0.4, 0.5) is 5.88 Å². The first-order chi connectivity index (χ1) is 6.20. The first-order valence-electron chi connectivity index (χ1n) is 3.92. The van der Waals surface area contributed by atoms with Gasteiger partial charge < -0.3 is 10.3 Å². The first kappa shape index (κ1) is 7.85. The number of hydrogen-bond donors (Lipinski definition) is 2. The van der Waals surface area contributed by atoms with Gasteiger partial charge in [0, 0.05) is 5.56 Å². The third kappa shape index (κ3) is 1.09. The lowest BCUT2D eigenvalue weighted by Gasteiger charge is -1.93. The second kappa shape index (κ2) is 2.62. The molecule has 0 saturated carbocycles. The van der Waals surface area contributed by atoms with Crippen LogP contribution in [0.25, 0.3) is 11.4 Å². The molecule has 0 atom stereocenters. The Labute approximate surface area is 74.9 Å². The molecule has 0 unspecified atom stereocenters. The maximum atomic E-state index is 5.53. The molecule has 0 spiro atoms. The summed E-state index contributed by atoms with van der Waals surface area (Å²) >= 11 is 0. The van der Waals surface area contributed by atoms with Crippen LogP contribution in [0.1, 0.15) is 11.1 Å². The lowest BCUT2D eigenvalue weighted by atomic mass is 10.1. The number of nitrogens with two attached hydrogens (primary N) is 1. The Morgan fingerprint density at radius 1 is 1.46 bits per heavy atom. The average Bonchev–Trinajstić information content (AvgIpc) is 2.62. The second-order valence-corrected chi connectivity index (χ2v) is 2.95. The molecule has 0 amide bonds. The predicted octanol–water partition coefficient (Wildman–Crippen LogP) is 1.26. The smallest absolute Gasteiger partial charge is 0.225 e. The number of nitrogens with zero attached hydrogens (tertiary/aromatic N) is 2. The van der Waals surface area contributed by atoms with E-state index in [2.05, 4.69) is 15.4 Å². The van der Waals surface area contributed by atoms with Crippen molar-refractivity contribution in [2.75, 3.05) is 5.73 Å². The van der Waals surface area contributed by atoms with Gasteiger partial charge in [0.05, 0.1) is 11.9 Å². The number of aryl methyl sites for hydroxylation is 1. The minimum atomic E-state index is 0.351. The second-order valence-electron chi connectivity index (χ2n) is 2.95. The van der Waals surface area contributed by atoms with Gasteiger partial charge in [0.25, 0.3) is 0 Å². The Bertz CT molecular complexity index is 429. The summed E-state index contributed by atoms with van der Waals surface area (Å²) in [6, 6.07) is 0. The molecule has 13 heavy (non-hydrogen) atoms. The van der Waals surface area contributed by atoms with E-state index in [9.17, 15) is 0 Å². The van der Waals surface area contributed by atoms with Crippen LogP contribution in [0.3, 0.4) is 0 Å². The molecular formula is C8H10N4O. The molecule has 2 aromatic rings. The number of aromatic nitrogens is 3. The van der Waals surface area contributed by atoms with Crippen LogP contribution in [-0.2, 0) is 0 Å². The van der Waals surface area contributed by atoms with Crippen LogP contribution in [0, 0.1) is 13.8 Å². The lowest BCUT2D eigenvalue weighted by molar-refractivity contribution is 0.438. The maximum absolute atomic E-state index is 5.53. The number of aromatic amines is 1. The minimum absolute atomic E-state index is 0.351. The third-order valence-corrected chi connectivity index (χ3v) is 2.03. The van der Waals surface area contributed by atoms with Crippen molar-refractivity contribution < 1.29 is 4.52 Å². The number of hydrogen-bond acceptors (Lipinski definition) is 4. The van der Waals surface area contributed by atoms with Gasteiger partial charge in [-0.05, 0) is 19.4 Å². The molecular weight excluding hydrogens is 168 g/mol. The van der Waals surface area contributed by atoms with E-state index in [0.717, 1.165) is 22.5 Å². The molecule has 2 aromatic heterocycles. The number of rotatable bonds is 1. The van der Waals surface area contributed by atoms with Crippen molar-refractivity contribution in [1.29, 1.82) is 0 Å². The van der Waals surface area contributed by atoms with E-state index in [1.807, 2.05) is 13.8 Å². The van der Waals surface area contributed by atoms with Crippen molar-refractivity contribution in [3.8, 4) is 11.4 Å². The molecule has 2 heterocycles. The summed E-state index contributed by atoms with van der Waals surface area (Å²) in [6.07, 6.45) is 1.74. The molecule has 2 rings (SSSR count). The maximum Gasteiger partial charge on any atom is 0.225 e. The molecule has 0 aliphatic carbocycles. The highest BCUT2D eigenvalue weighted by atomic mass is 16.5. The van der Waals surface area contributed by atoms with Gasteiger partial charge in [-0.2, -0.15) is 5.10 Å². The van der Waals surface area contributed by atoms with E-state index in [0.29, 0.717) is 5.88 Å². The van der Waals surface area contributed by atoms with Gasteiger partial charge in [0.1, 0.15) is 5.69 Å². The fraction of sp³-hybridized carbons (Fsp3) is 0.250. The Balaban J connectivity index is 2.59. The quantitative estimate of drug-likeness (QED) is 0.688. The van der Waals surface area contributed by atoms with E-state index in [4.69, 9.17) is 10.3 Å². The van der Waals surface area contributed by atoms with Crippen LogP contribution in [0.2, 0.25) is 0 Å². The molecule has 3 N–H and O–H groups in total. The van der Waals surface area contributed by atoms with Crippen molar-refractivity contribution in [2.45, 2.75) is 13.8 Å². The molecule has 0 radical (unpaired) electrons. The number of anilines is 1. The van der Waals surface area contributed by atoms with Gasteiger partial charge >= 0.3 is 0 Å². The summed E-state index contributed by atoms with van der Waals surface area (Å²) in [5, 5.41) is 10.6. The van der Waals surface area contributed by atoms with Crippen LogP contribution < -0.4 is 5.73 Å². The van der Waals surface area contributed by atoms with E-state index in [-0.39, 0.29) is 0 Å². The normalized spacial score (nSPS) is 10.6. The zero-order valence-corrected chi connectivity index (χ0v) is 7.46. The van der Waals surface area contributed by atoms with Crippen LogP contribution in [0.15, 0.2) is 10.7 Å². The molecule has 0 aromatic carbocycles. The van der Waals surface area contributed by atoms with Gasteiger partial charge in [-0.25, -0.2) is 0 Å². The summed E-state index contributed by atoms with van der Waals surface area (Å²) in [6.45, 7) is 3.81. The van der Waals surface area contributed by atoms with Gasteiger partial charge in [-0.1, -0.05) is 5.16 Å². The van der Waals surface area contributed by atoms with Crippen LogP contribution in [0.5, 0.6) is 0 Å². The summed E-state index contributed by atoms with van der Waals surface area (Å²) in [4.78, 5) is 0. The summed E-state index contributed by atoms with van der Waals surface area (Å²) in [7, 11) is 0. The number of nitrogen functional groups attached to an aromatic ring is 1. The molecule has 0 aliphatic rings. The largest absolute Gasteiger partial charge is 0.367 e. The molecule has 5 heteroatoms. The zero-order valence-electron chi connectivity index (χ0n) is 7.46.